The summed E-state index contributed by atoms with van der Waals surface area (Å²) in [5.74, 6) is -0.490. The Labute approximate surface area is 204 Å². The normalized spacial score (nSPS) is 21.8. The minimum absolute atomic E-state index is 0.0579. The molecule has 6 nitrogen and oxygen atoms in total. The van der Waals surface area contributed by atoms with Gasteiger partial charge < -0.3 is 15.1 Å². The summed E-state index contributed by atoms with van der Waals surface area (Å²) in [6, 6.07) is 11.3. The van der Waals surface area contributed by atoms with E-state index in [-0.39, 0.29) is 41.6 Å². The van der Waals surface area contributed by atoms with E-state index in [1.807, 2.05) is 12.1 Å². The Morgan fingerprint density at radius 3 is 2.26 bits per heavy atom. The van der Waals surface area contributed by atoms with Crippen molar-refractivity contribution in [1.82, 2.24) is 9.80 Å². The Bertz CT molecular complexity index is 1180. The van der Waals surface area contributed by atoms with E-state index in [9.17, 15) is 26.4 Å². The van der Waals surface area contributed by atoms with E-state index >= 15 is 0 Å². The van der Waals surface area contributed by atoms with Crippen molar-refractivity contribution in [3.63, 3.8) is 0 Å². The number of hydrogen-bond donors (Lipinski definition) is 1. The van der Waals surface area contributed by atoms with Crippen LogP contribution in [0.3, 0.4) is 0 Å². The van der Waals surface area contributed by atoms with E-state index in [4.69, 9.17) is 0 Å². The first-order valence-corrected chi connectivity index (χ1v) is 13.4. The van der Waals surface area contributed by atoms with Crippen molar-refractivity contribution in [3.05, 3.63) is 65.2 Å². The Morgan fingerprint density at radius 1 is 1.09 bits per heavy atom. The number of anilines is 1. The van der Waals surface area contributed by atoms with Crippen molar-refractivity contribution in [2.75, 3.05) is 37.0 Å². The number of amides is 2. The maximum Gasteiger partial charge on any atom is 0.413 e. The fraction of sp³-hybridized carbons (Fsp3) is 0.480. The third-order valence-electron chi connectivity index (χ3n) is 7.19. The van der Waals surface area contributed by atoms with Crippen LogP contribution in [0.4, 0.5) is 23.7 Å². The highest BCUT2D eigenvalue weighted by Gasteiger charge is 2.46. The Morgan fingerprint density at radius 2 is 1.69 bits per heavy atom. The number of rotatable bonds is 4. The predicted molar refractivity (Wildman–Crippen MR) is 129 cm³/mol. The van der Waals surface area contributed by atoms with Gasteiger partial charge in [-0.25, -0.2) is 13.2 Å². The zero-order valence-electron chi connectivity index (χ0n) is 20.0. The van der Waals surface area contributed by atoms with Crippen LogP contribution in [0.25, 0.3) is 0 Å². The van der Waals surface area contributed by atoms with Crippen LogP contribution in [0.5, 0.6) is 0 Å². The topological polar surface area (TPSA) is 69.7 Å². The number of sulfone groups is 1. The second kappa shape index (κ2) is 9.04. The molecule has 10 heteroatoms. The number of urea groups is 1. The number of hydrogen-bond acceptors (Lipinski definition) is 4. The highest BCUT2D eigenvalue weighted by molar-refractivity contribution is 7.91. The zero-order chi connectivity index (χ0) is 25.6. The van der Waals surface area contributed by atoms with Crippen molar-refractivity contribution < 1.29 is 26.4 Å². The number of carbonyl (C=O) groups is 1. The minimum Gasteiger partial charge on any atom is -0.381 e. The number of nitrogens with one attached hydrogen (secondary N) is 1. The standard InChI is InChI=1S/C25H30F3N3O3S/c1-24(2)20-7-5-4-6-18(20)16-21(24)29-19-10-8-17(9-11-19)22(25(26,27)28)30(3)23(32)31-12-14-35(33,34)15-13-31/h4-11,21-22,29H,12-16H2,1-3H3/t21?,22-/m0/s1. The molecule has 1 N–H and O–H groups in total. The van der Waals surface area contributed by atoms with Crippen LogP contribution in [0, 0.1) is 0 Å². The summed E-state index contributed by atoms with van der Waals surface area (Å²) in [7, 11) is -2.15. The van der Waals surface area contributed by atoms with E-state index in [0.717, 1.165) is 18.4 Å². The van der Waals surface area contributed by atoms with Crippen LogP contribution >= 0.6 is 0 Å². The van der Waals surface area contributed by atoms with Gasteiger partial charge in [-0.1, -0.05) is 50.2 Å². The molecule has 0 saturated carbocycles. The van der Waals surface area contributed by atoms with Crippen molar-refractivity contribution in [3.8, 4) is 0 Å². The third kappa shape index (κ3) is 5.12. The molecule has 1 unspecified atom stereocenters. The van der Waals surface area contributed by atoms with Gasteiger partial charge in [0.2, 0.25) is 0 Å². The number of benzene rings is 2. The van der Waals surface area contributed by atoms with Crippen LogP contribution < -0.4 is 5.32 Å². The van der Waals surface area contributed by atoms with Crippen molar-refractivity contribution in [2.45, 2.75) is 43.9 Å². The predicted octanol–water partition coefficient (Wildman–Crippen LogP) is 4.39. The van der Waals surface area contributed by atoms with Gasteiger partial charge in [0.15, 0.2) is 15.9 Å². The molecule has 190 valence electrons. The number of nitrogens with zero attached hydrogens (tertiary/aromatic N) is 2. The van der Waals surface area contributed by atoms with Crippen LogP contribution in [-0.2, 0) is 21.7 Å². The molecule has 1 fully saturated rings. The number of alkyl halides is 3. The Kier molecular flexibility index (Phi) is 6.54. The fourth-order valence-electron chi connectivity index (χ4n) is 5.05. The maximum absolute atomic E-state index is 14.1. The van der Waals surface area contributed by atoms with E-state index in [0.29, 0.717) is 10.6 Å². The molecule has 4 rings (SSSR count). The second-order valence-corrected chi connectivity index (χ2v) is 12.2. The Hall–Kier alpha value is -2.75. The summed E-state index contributed by atoms with van der Waals surface area (Å²) in [5, 5.41) is 3.47. The lowest BCUT2D eigenvalue weighted by Crippen LogP contribution is -2.51. The number of halogens is 3. The molecular formula is C25H30F3N3O3S. The molecule has 0 aromatic heterocycles. The molecule has 1 heterocycles. The number of fused-ring (bicyclic) bond motifs is 1. The average Bonchev–Trinajstić information content (AvgIpc) is 3.03. The van der Waals surface area contributed by atoms with Crippen LogP contribution in [-0.4, -0.2) is 68.1 Å². The molecule has 2 aliphatic rings. The molecule has 1 saturated heterocycles. The lowest BCUT2D eigenvalue weighted by Gasteiger charge is -2.36. The highest BCUT2D eigenvalue weighted by Crippen LogP contribution is 2.41. The molecule has 0 bridgehead atoms. The van der Waals surface area contributed by atoms with Gasteiger partial charge in [0, 0.05) is 37.3 Å². The van der Waals surface area contributed by atoms with Gasteiger partial charge in [0.05, 0.1) is 11.5 Å². The third-order valence-corrected chi connectivity index (χ3v) is 8.80. The lowest BCUT2D eigenvalue weighted by atomic mass is 9.83. The first kappa shape index (κ1) is 25.3. The second-order valence-electron chi connectivity index (χ2n) is 9.88. The van der Waals surface area contributed by atoms with E-state index < -0.39 is 28.1 Å². The smallest absolute Gasteiger partial charge is 0.381 e. The summed E-state index contributed by atoms with van der Waals surface area (Å²) in [4.78, 5) is 14.6. The molecule has 2 aromatic rings. The molecule has 1 aliphatic carbocycles. The van der Waals surface area contributed by atoms with Crippen LogP contribution in [0.15, 0.2) is 48.5 Å². The van der Waals surface area contributed by atoms with Gasteiger partial charge in [-0.05, 0) is 35.2 Å². The van der Waals surface area contributed by atoms with Gasteiger partial charge in [-0.3, -0.25) is 0 Å². The van der Waals surface area contributed by atoms with E-state index in [2.05, 4.69) is 31.3 Å². The molecule has 2 amide bonds. The first-order valence-electron chi connectivity index (χ1n) is 11.5. The van der Waals surface area contributed by atoms with Crippen molar-refractivity contribution in [2.24, 2.45) is 0 Å². The minimum atomic E-state index is -4.70. The molecule has 1 aliphatic heterocycles. The SMILES string of the molecule is CN(C(=O)N1CCS(=O)(=O)CC1)[C@@H](c1ccc(NC2Cc3ccccc3C2(C)C)cc1)C(F)(F)F. The van der Waals surface area contributed by atoms with E-state index in [1.165, 1.54) is 23.3 Å². The molecule has 0 spiro atoms. The largest absolute Gasteiger partial charge is 0.413 e. The zero-order valence-corrected chi connectivity index (χ0v) is 20.8. The lowest BCUT2D eigenvalue weighted by molar-refractivity contribution is -0.176. The van der Waals surface area contributed by atoms with Crippen molar-refractivity contribution in [1.29, 1.82) is 0 Å². The van der Waals surface area contributed by atoms with Gasteiger partial charge >= 0.3 is 12.2 Å². The molecule has 2 aromatic carbocycles. The summed E-state index contributed by atoms with van der Waals surface area (Å²) in [6.07, 6.45) is -3.88. The van der Waals surface area contributed by atoms with Gasteiger partial charge in [0.1, 0.15) is 0 Å². The molecule has 2 atom stereocenters. The van der Waals surface area contributed by atoms with Gasteiger partial charge in [-0.2, -0.15) is 13.2 Å². The fourth-order valence-corrected chi connectivity index (χ4v) is 6.25. The Balaban J connectivity index is 1.50. The summed E-state index contributed by atoms with van der Waals surface area (Å²) in [5.41, 5.74) is 3.03. The number of carbonyl (C=O) groups excluding carboxylic acids is 1. The van der Waals surface area contributed by atoms with Gasteiger partial charge in [-0.15, -0.1) is 0 Å². The van der Waals surface area contributed by atoms with Crippen LogP contribution in [0.1, 0.15) is 36.6 Å². The summed E-state index contributed by atoms with van der Waals surface area (Å²) >= 11 is 0. The van der Waals surface area contributed by atoms with E-state index in [1.54, 1.807) is 12.1 Å². The van der Waals surface area contributed by atoms with Gasteiger partial charge in [0.25, 0.3) is 0 Å². The molecule has 35 heavy (non-hydrogen) atoms. The van der Waals surface area contributed by atoms with Crippen LogP contribution in [0.2, 0.25) is 0 Å². The first-order chi connectivity index (χ1) is 16.3. The maximum atomic E-state index is 14.1. The van der Waals surface area contributed by atoms with Crippen molar-refractivity contribution >= 4 is 21.6 Å². The average molecular weight is 510 g/mol. The highest BCUT2D eigenvalue weighted by atomic mass is 32.2. The molecule has 0 radical (unpaired) electrons. The quantitative estimate of drug-likeness (QED) is 0.664. The monoisotopic (exact) mass is 509 g/mol. The summed E-state index contributed by atoms with van der Waals surface area (Å²) in [6.45, 7) is 4.07. The molecular weight excluding hydrogens is 479 g/mol. The summed E-state index contributed by atoms with van der Waals surface area (Å²) < 4.78 is 65.4.